The van der Waals surface area contributed by atoms with Crippen molar-refractivity contribution in [2.24, 2.45) is 5.73 Å². The molecule has 1 aliphatic rings. The van der Waals surface area contributed by atoms with Crippen molar-refractivity contribution in [1.82, 2.24) is 0 Å². The summed E-state index contributed by atoms with van der Waals surface area (Å²) >= 11 is 0. The Kier molecular flexibility index (Phi) is 5.00. The predicted octanol–water partition coefficient (Wildman–Crippen LogP) is 3.87. The molecule has 106 valence electrons. The summed E-state index contributed by atoms with van der Waals surface area (Å²) in [5.74, 6) is 0. The molecule has 1 aliphatic carbocycles. The predicted molar refractivity (Wildman–Crippen MR) is 80.2 cm³/mol. The van der Waals surface area contributed by atoms with E-state index in [2.05, 4.69) is 32.0 Å². The van der Waals surface area contributed by atoms with Crippen LogP contribution in [0.3, 0.4) is 0 Å². The zero-order valence-electron chi connectivity index (χ0n) is 12.4. The molecule has 0 atom stereocenters. The van der Waals surface area contributed by atoms with Gasteiger partial charge in [-0.1, -0.05) is 49.4 Å². The van der Waals surface area contributed by atoms with Crippen molar-refractivity contribution in [3.8, 4) is 0 Å². The van der Waals surface area contributed by atoms with Crippen molar-refractivity contribution >= 4 is 0 Å². The number of hydrogen-bond donors (Lipinski definition) is 1. The Morgan fingerprint density at radius 3 is 2.47 bits per heavy atom. The normalized spacial score (nSPS) is 19.1. The third kappa shape index (κ3) is 4.32. The van der Waals surface area contributed by atoms with Gasteiger partial charge in [0.05, 0.1) is 13.2 Å². The van der Waals surface area contributed by atoms with Gasteiger partial charge in [-0.25, -0.2) is 0 Å². The minimum atomic E-state index is -0.0891. The number of nitrogens with two attached hydrogens (primary N) is 1. The van der Waals surface area contributed by atoms with E-state index in [1.54, 1.807) is 0 Å². The van der Waals surface area contributed by atoms with Gasteiger partial charge in [0.15, 0.2) is 0 Å². The van der Waals surface area contributed by atoms with Crippen LogP contribution in [0.2, 0.25) is 0 Å². The van der Waals surface area contributed by atoms with E-state index in [-0.39, 0.29) is 5.54 Å². The maximum atomic E-state index is 6.47. The van der Waals surface area contributed by atoms with Gasteiger partial charge in [-0.15, -0.1) is 0 Å². The third-order valence-corrected chi connectivity index (χ3v) is 4.25. The summed E-state index contributed by atoms with van der Waals surface area (Å²) in [6.45, 7) is 5.65. The van der Waals surface area contributed by atoms with Crippen molar-refractivity contribution in [1.29, 1.82) is 0 Å². The van der Waals surface area contributed by atoms with Crippen molar-refractivity contribution in [2.75, 3.05) is 6.61 Å². The molecule has 0 spiro atoms. The average Bonchev–Trinajstić information content (AvgIpc) is 2.59. The van der Waals surface area contributed by atoms with E-state index >= 15 is 0 Å². The molecule has 0 saturated heterocycles. The Morgan fingerprint density at radius 2 is 1.79 bits per heavy atom. The van der Waals surface area contributed by atoms with Crippen LogP contribution >= 0.6 is 0 Å². The van der Waals surface area contributed by atoms with Crippen LogP contribution in [0.25, 0.3) is 0 Å². The molecule has 1 aromatic rings. The summed E-state index contributed by atoms with van der Waals surface area (Å²) in [5.41, 5.74) is 10.3. The van der Waals surface area contributed by atoms with Crippen LogP contribution in [-0.4, -0.2) is 12.1 Å². The van der Waals surface area contributed by atoms with Gasteiger partial charge < -0.3 is 10.5 Å². The Morgan fingerprint density at radius 1 is 1.11 bits per heavy atom. The molecule has 0 unspecified atom stereocenters. The zero-order chi connectivity index (χ0) is 13.7. The lowest BCUT2D eigenvalue weighted by molar-refractivity contribution is 0.0664. The fraction of sp³-hybridized carbons (Fsp3) is 0.647. The molecule has 0 bridgehead atoms. The van der Waals surface area contributed by atoms with Crippen LogP contribution in [0.5, 0.6) is 0 Å². The van der Waals surface area contributed by atoms with Crippen LogP contribution in [-0.2, 0) is 11.3 Å². The molecule has 2 heteroatoms. The number of ether oxygens (including phenoxy) is 1. The maximum Gasteiger partial charge on any atom is 0.0720 e. The molecule has 19 heavy (non-hydrogen) atoms. The molecular weight excluding hydrogens is 234 g/mol. The highest BCUT2D eigenvalue weighted by molar-refractivity contribution is 5.29. The lowest BCUT2D eigenvalue weighted by Gasteiger charge is -2.27. The molecule has 2 rings (SSSR count). The van der Waals surface area contributed by atoms with E-state index in [0.29, 0.717) is 13.2 Å². The zero-order valence-corrected chi connectivity index (χ0v) is 12.4. The van der Waals surface area contributed by atoms with Crippen molar-refractivity contribution in [3.05, 3.63) is 34.9 Å². The molecule has 1 saturated carbocycles. The monoisotopic (exact) mass is 261 g/mol. The van der Waals surface area contributed by atoms with Gasteiger partial charge >= 0.3 is 0 Å². The molecule has 0 heterocycles. The smallest absolute Gasteiger partial charge is 0.0720 e. The maximum absolute atomic E-state index is 6.47. The van der Waals surface area contributed by atoms with Crippen molar-refractivity contribution in [3.63, 3.8) is 0 Å². The Labute approximate surface area is 117 Å². The van der Waals surface area contributed by atoms with Gasteiger partial charge in [-0.05, 0) is 37.8 Å². The van der Waals surface area contributed by atoms with Gasteiger partial charge in [-0.3, -0.25) is 0 Å². The highest BCUT2D eigenvalue weighted by atomic mass is 16.5. The SMILES string of the molecule is Cc1ccc(C)c(COCC2(N)CCCCCC2)c1. The number of benzene rings is 1. The summed E-state index contributed by atoms with van der Waals surface area (Å²) in [5, 5.41) is 0. The fourth-order valence-corrected chi connectivity index (χ4v) is 2.90. The Balaban J connectivity index is 1.86. The first-order valence-electron chi connectivity index (χ1n) is 7.52. The van der Waals surface area contributed by atoms with Crippen molar-refractivity contribution < 1.29 is 4.74 Å². The third-order valence-electron chi connectivity index (χ3n) is 4.25. The molecular formula is C17H27NO. The molecule has 0 radical (unpaired) electrons. The largest absolute Gasteiger partial charge is 0.375 e. The molecule has 2 N–H and O–H groups in total. The van der Waals surface area contributed by atoms with Gasteiger partial charge in [0.1, 0.15) is 0 Å². The molecule has 1 aromatic carbocycles. The fourth-order valence-electron chi connectivity index (χ4n) is 2.90. The van der Waals surface area contributed by atoms with Crippen LogP contribution in [0.1, 0.15) is 55.2 Å². The van der Waals surface area contributed by atoms with E-state index in [0.717, 1.165) is 12.8 Å². The highest BCUT2D eigenvalue weighted by Crippen LogP contribution is 2.25. The molecule has 0 aromatic heterocycles. The second-order valence-electron chi connectivity index (χ2n) is 6.20. The minimum absolute atomic E-state index is 0.0891. The van der Waals surface area contributed by atoms with Gasteiger partial charge in [0.25, 0.3) is 0 Å². The summed E-state index contributed by atoms with van der Waals surface area (Å²) in [6, 6.07) is 6.53. The summed E-state index contributed by atoms with van der Waals surface area (Å²) in [7, 11) is 0. The van der Waals surface area contributed by atoms with Crippen LogP contribution in [0.15, 0.2) is 18.2 Å². The summed E-state index contributed by atoms with van der Waals surface area (Å²) in [4.78, 5) is 0. The first-order chi connectivity index (χ1) is 9.09. The van der Waals surface area contributed by atoms with E-state index in [1.807, 2.05) is 0 Å². The van der Waals surface area contributed by atoms with Gasteiger partial charge in [-0.2, -0.15) is 0 Å². The van der Waals surface area contributed by atoms with E-state index < -0.39 is 0 Å². The lowest BCUT2D eigenvalue weighted by Crippen LogP contribution is -2.43. The molecule has 0 amide bonds. The molecule has 1 fully saturated rings. The lowest BCUT2D eigenvalue weighted by atomic mass is 9.92. The Hall–Kier alpha value is -0.860. The van der Waals surface area contributed by atoms with E-state index in [1.165, 1.54) is 42.4 Å². The van der Waals surface area contributed by atoms with Gasteiger partial charge in [0.2, 0.25) is 0 Å². The topological polar surface area (TPSA) is 35.2 Å². The van der Waals surface area contributed by atoms with Crippen LogP contribution < -0.4 is 5.73 Å². The summed E-state index contributed by atoms with van der Waals surface area (Å²) in [6.07, 6.45) is 7.39. The number of aryl methyl sites for hydroxylation is 2. The average molecular weight is 261 g/mol. The number of hydrogen-bond acceptors (Lipinski definition) is 2. The molecule has 2 nitrogen and oxygen atoms in total. The van der Waals surface area contributed by atoms with Crippen molar-refractivity contribution in [2.45, 2.75) is 64.5 Å². The standard InChI is InChI=1S/C17H27NO/c1-14-7-8-15(2)16(11-14)12-19-13-17(18)9-5-3-4-6-10-17/h7-8,11H,3-6,9-10,12-13,18H2,1-2H3. The Bertz CT molecular complexity index is 406. The molecule has 0 aliphatic heterocycles. The second-order valence-corrected chi connectivity index (χ2v) is 6.20. The second kappa shape index (κ2) is 6.53. The van der Waals surface area contributed by atoms with Gasteiger partial charge in [0, 0.05) is 5.54 Å². The number of rotatable bonds is 4. The quantitative estimate of drug-likeness (QED) is 0.835. The first-order valence-corrected chi connectivity index (χ1v) is 7.52. The van der Waals surface area contributed by atoms with E-state index in [9.17, 15) is 0 Å². The minimum Gasteiger partial charge on any atom is -0.375 e. The van der Waals surface area contributed by atoms with Crippen LogP contribution in [0, 0.1) is 13.8 Å². The highest BCUT2D eigenvalue weighted by Gasteiger charge is 2.26. The first kappa shape index (κ1) is 14.5. The summed E-state index contributed by atoms with van der Waals surface area (Å²) < 4.78 is 5.93. The van der Waals surface area contributed by atoms with Crippen LogP contribution in [0.4, 0.5) is 0 Å². The van der Waals surface area contributed by atoms with E-state index in [4.69, 9.17) is 10.5 Å².